The first-order chi connectivity index (χ1) is 9.11. The van der Waals surface area contributed by atoms with Crippen molar-refractivity contribution in [2.75, 3.05) is 19.5 Å². The molecule has 2 rings (SSSR count). The van der Waals surface area contributed by atoms with Gasteiger partial charge in [0.1, 0.15) is 0 Å². The zero-order valence-electron chi connectivity index (χ0n) is 11.0. The normalized spacial score (nSPS) is 22.5. The molecule has 0 radical (unpaired) electrons. The summed E-state index contributed by atoms with van der Waals surface area (Å²) < 4.78 is 23.8. The van der Waals surface area contributed by atoms with Crippen LogP contribution >= 0.6 is 11.8 Å². The Morgan fingerprint density at radius 1 is 1.58 bits per heavy atom. The summed E-state index contributed by atoms with van der Waals surface area (Å²) in [5, 5.41) is 0.354. The molecule has 2 unspecified atom stereocenters. The van der Waals surface area contributed by atoms with E-state index in [-0.39, 0.29) is 17.6 Å². The molecule has 1 aromatic rings. The maximum Gasteiger partial charge on any atom is 0.172 e. The number of halogens is 1. The molecule has 3 nitrogen and oxygen atoms in total. The van der Waals surface area contributed by atoms with Gasteiger partial charge < -0.3 is 9.47 Å². The molecule has 19 heavy (non-hydrogen) atoms. The van der Waals surface area contributed by atoms with Crippen molar-refractivity contribution in [1.29, 1.82) is 0 Å². The predicted molar refractivity (Wildman–Crippen MR) is 73.6 cm³/mol. The maximum absolute atomic E-state index is 13.5. The van der Waals surface area contributed by atoms with Crippen LogP contribution in [-0.2, 0) is 4.74 Å². The molecule has 2 atom stereocenters. The second-order valence-electron chi connectivity index (χ2n) is 4.49. The minimum Gasteiger partial charge on any atom is -0.494 e. The molecule has 1 aromatic carbocycles. The average Bonchev–Trinajstić information content (AvgIpc) is 2.81. The highest BCUT2D eigenvalue weighted by Crippen LogP contribution is 2.27. The summed E-state index contributed by atoms with van der Waals surface area (Å²) in [6.07, 6.45) is 1.15. The molecule has 1 heterocycles. The summed E-state index contributed by atoms with van der Waals surface area (Å²) in [6, 6.07) is 4.31. The standard InChI is InChI=1S/C14H17FO3S/c1-9-14(5-6-18-9)19-8-12(16)10-3-4-13(17-2)11(15)7-10/h3-4,7,9,14H,5-6,8H2,1-2H3. The lowest BCUT2D eigenvalue weighted by Gasteiger charge is -2.12. The van der Waals surface area contributed by atoms with Gasteiger partial charge in [-0.25, -0.2) is 4.39 Å². The van der Waals surface area contributed by atoms with Crippen LogP contribution < -0.4 is 4.74 Å². The van der Waals surface area contributed by atoms with Gasteiger partial charge in [-0.2, -0.15) is 0 Å². The Bertz CT molecular complexity index is 464. The van der Waals surface area contributed by atoms with Crippen LogP contribution in [-0.4, -0.2) is 36.6 Å². The molecule has 104 valence electrons. The van der Waals surface area contributed by atoms with Gasteiger partial charge in [0, 0.05) is 17.4 Å². The lowest BCUT2D eigenvalue weighted by atomic mass is 10.1. The summed E-state index contributed by atoms with van der Waals surface area (Å²) in [5.74, 6) is -0.0620. The van der Waals surface area contributed by atoms with Crippen LogP contribution in [0.15, 0.2) is 18.2 Å². The minimum atomic E-state index is -0.504. The molecule has 0 saturated carbocycles. The minimum absolute atomic E-state index is 0.0642. The van der Waals surface area contributed by atoms with Crippen LogP contribution in [0.1, 0.15) is 23.7 Å². The number of hydrogen-bond donors (Lipinski definition) is 0. The third kappa shape index (κ3) is 3.48. The number of ether oxygens (including phenoxy) is 2. The number of Topliss-reactive ketones (excluding diaryl/α,β-unsaturated/α-hetero) is 1. The number of methoxy groups -OCH3 is 1. The highest BCUT2D eigenvalue weighted by Gasteiger charge is 2.25. The molecule has 1 fully saturated rings. The van der Waals surface area contributed by atoms with E-state index in [0.29, 0.717) is 16.6 Å². The van der Waals surface area contributed by atoms with Crippen LogP contribution in [0.5, 0.6) is 5.75 Å². The van der Waals surface area contributed by atoms with Gasteiger partial charge in [-0.15, -0.1) is 11.8 Å². The van der Waals surface area contributed by atoms with Crippen LogP contribution in [0.25, 0.3) is 0 Å². The highest BCUT2D eigenvalue weighted by atomic mass is 32.2. The zero-order valence-corrected chi connectivity index (χ0v) is 11.8. The largest absolute Gasteiger partial charge is 0.494 e. The van der Waals surface area contributed by atoms with Crippen molar-refractivity contribution in [3.05, 3.63) is 29.6 Å². The van der Waals surface area contributed by atoms with E-state index in [4.69, 9.17) is 9.47 Å². The van der Waals surface area contributed by atoms with Gasteiger partial charge in [0.2, 0.25) is 0 Å². The van der Waals surface area contributed by atoms with Gasteiger partial charge in [0.25, 0.3) is 0 Å². The van der Waals surface area contributed by atoms with Crippen molar-refractivity contribution in [2.24, 2.45) is 0 Å². The lowest BCUT2D eigenvalue weighted by molar-refractivity contribution is 0.102. The van der Waals surface area contributed by atoms with E-state index in [1.54, 1.807) is 17.8 Å². The Morgan fingerprint density at radius 2 is 2.37 bits per heavy atom. The average molecular weight is 284 g/mol. The quantitative estimate of drug-likeness (QED) is 0.779. The van der Waals surface area contributed by atoms with Gasteiger partial charge in [0.15, 0.2) is 17.3 Å². The highest BCUT2D eigenvalue weighted by molar-refractivity contribution is 8.00. The summed E-state index contributed by atoms with van der Waals surface area (Å²) >= 11 is 1.58. The topological polar surface area (TPSA) is 35.5 Å². The number of ketones is 1. The number of carbonyl (C=O) groups is 1. The van der Waals surface area contributed by atoms with Crippen molar-refractivity contribution < 1.29 is 18.7 Å². The van der Waals surface area contributed by atoms with E-state index in [1.807, 2.05) is 6.92 Å². The monoisotopic (exact) mass is 284 g/mol. The molecule has 0 spiro atoms. The van der Waals surface area contributed by atoms with E-state index in [2.05, 4.69) is 0 Å². The van der Waals surface area contributed by atoms with Gasteiger partial charge in [-0.05, 0) is 31.5 Å². The van der Waals surface area contributed by atoms with Crippen molar-refractivity contribution in [1.82, 2.24) is 0 Å². The van der Waals surface area contributed by atoms with E-state index in [0.717, 1.165) is 13.0 Å². The van der Waals surface area contributed by atoms with Gasteiger partial charge in [-0.1, -0.05) is 0 Å². The Kier molecular flexibility index (Phi) is 4.82. The Hall–Kier alpha value is -1.07. The molecule has 1 aliphatic heterocycles. The first-order valence-electron chi connectivity index (χ1n) is 6.21. The molecular weight excluding hydrogens is 267 g/mol. The Labute approximate surface area is 116 Å². The summed E-state index contributed by atoms with van der Waals surface area (Å²) in [5.41, 5.74) is 0.386. The second-order valence-corrected chi connectivity index (χ2v) is 5.71. The molecule has 0 N–H and O–H groups in total. The summed E-state index contributed by atoms with van der Waals surface area (Å²) in [7, 11) is 1.40. The van der Waals surface area contributed by atoms with Crippen molar-refractivity contribution in [3.63, 3.8) is 0 Å². The molecule has 1 saturated heterocycles. The molecule has 0 amide bonds. The fourth-order valence-electron chi connectivity index (χ4n) is 2.04. The molecule has 0 aromatic heterocycles. The molecular formula is C14H17FO3S. The predicted octanol–water partition coefficient (Wildman–Crippen LogP) is 2.93. The number of thioether (sulfide) groups is 1. The van der Waals surface area contributed by atoms with Crippen LogP contribution in [0.2, 0.25) is 0 Å². The second kappa shape index (κ2) is 6.39. The van der Waals surface area contributed by atoms with Crippen LogP contribution in [0.4, 0.5) is 4.39 Å². The third-order valence-corrected chi connectivity index (χ3v) is 4.68. The van der Waals surface area contributed by atoms with Crippen molar-refractivity contribution >= 4 is 17.5 Å². The SMILES string of the molecule is COc1ccc(C(=O)CSC2CCOC2C)cc1F. The van der Waals surface area contributed by atoms with Crippen LogP contribution in [0.3, 0.4) is 0 Å². The fourth-order valence-corrected chi connectivity index (χ4v) is 3.18. The number of hydrogen-bond acceptors (Lipinski definition) is 4. The van der Waals surface area contributed by atoms with E-state index >= 15 is 0 Å². The first kappa shape index (κ1) is 14.3. The number of carbonyl (C=O) groups excluding carboxylic acids is 1. The van der Waals surface area contributed by atoms with Crippen molar-refractivity contribution in [2.45, 2.75) is 24.7 Å². The maximum atomic E-state index is 13.5. The van der Waals surface area contributed by atoms with E-state index in [1.165, 1.54) is 19.2 Å². The zero-order chi connectivity index (χ0) is 13.8. The molecule has 0 bridgehead atoms. The van der Waals surface area contributed by atoms with Crippen molar-refractivity contribution in [3.8, 4) is 5.75 Å². The Balaban J connectivity index is 1.94. The third-order valence-electron chi connectivity index (χ3n) is 3.21. The fraction of sp³-hybridized carbons (Fsp3) is 0.500. The number of rotatable bonds is 5. The molecule has 5 heteroatoms. The summed E-state index contributed by atoms with van der Waals surface area (Å²) in [6.45, 7) is 2.77. The van der Waals surface area contributed by atoms with Crippen LogP contribution in [0, 0.1) is 5.82 Å². The lowest BCUT2D eigenvalue weighted by Crippen LogP contribution is -2.16. The summed E-state index contributed by atoms with van der Waals surface area (Å²) in [4.78, 5) is 12.0. The van der Waals surface area contributed by atoms with E-state index in [9.17, 15) is 9.18 Å². The van der Waals surface area contributed by atoms with Gasteiger partial charge >= 0.3 is 0 Å². The first-order valence-corrected chi connectivity index (χ1v) is 7.26. The molecule has 1 aliphatic rings. The van der Waals surface area contributed by atoms with Gasteiger partial charge in [0.05, 0.1) is 19.0 Å². The van der Waals surface area contributed by atoms with Gasteiger partial charge in [-0.3, -0.25) is 4.79 Å². The molecule has 0 aliphatic carbocycles. The Morgan fingerprint density at radius 3 is 2.95 bits per heavy atom. The number of benzene rings is 1. The van der Waals surface area contributed by atoms with E-state index < -0.39 is 5.82 Å². The smallest absolute Gasteiger partial charge is 0.172 e.